The van der Waals surface area contributed by atoms with Crippen LogP contribution >= 0.6 is 0 Å². The molecule has 24 heavy (non-hydrogen) atoms. The second-order valence-corrected chi connectivity index (χ2v) is 5.73. The molecule has 0 rings (SSSR count). The minimum atomic E-state index is -0.739. The predicted octanol–water partition coefficient (Wildman–Crippen LogP) is 6.77. The summed E-state index contributed by atoms with van der Waals surface area (Å²) in [5.41, 5.74) is 0. The van der Waals surface area contributed by atoms with Crippen molar-refractivity contribution in [1.82, 2.24) is 0 Å². The van der Waals surface area contributed by atoms with Gasteiger partial charge in [-0.1, -0.05) is 80.5 Å². The molecular formula is C22H34O2. The van der Waals surface area contributed by atoms with Crippen molar-refractivity contribution in [2.45, 2.75) is 71.1 Å². The Labute approximate surface area is 148 Å². The number of rotatable bonds is 15. The summed E-state index contributed by atoms with van der Waals surface area (Å²) >= 11 is 0. The summed E-state index contributed by atoms with van der Waals surface area (Å²) in [5.74, 6) is -0.739. The van der Waals surface area contributed by atoms with E-state index in [0.717, 1.165) is 25.7 Å². The van der Waals surface area contributed by atoms with Gasteiger partial charge in [0, 0.05) is 6.42 Å². The third-order valence-electron chi connectivity index (χ3n) is 3.42. The number of unbranched alkanes of at least 4 members (excludes halogenated alkanes) is 3. The summed E-state index contributed by atoms with van der Waals surface area (Å²) in [4.78, 5) is 10.3. The first kappa shape index (κ1) is 22.2. The van der Waals surface area contributed by atoms with Crippen LogP contribution in [0.4, 0.5) is 0 Å². The number of aliphatic carboxylic acids is 1. The maximum absolute atomic E-state index is 10.3. The lowest BCUT2D eigenvalue weighted by Crippen LogP contribution is -1.91. The van der Waals surface area contributed by atoms with Gasteiger partial charge in [-0.05, 0) is 44.9 Å². The zero-order valence-corrected chi connectivity index (χ0v) is 15.2. The Morgan fingerprint density at radius 2 is 1.08 bits per heavy atom. The van der Waals surface area contributed by atoms with Crippen LogP contribution in [0.3, 0.4) is 0 Å². The molecule has 1 N–H and O–H groups in total. The lowest BCUT2D eigenvalue weighted by Gasteiger charge is -1.90. The zero-order valence-electron chi connectivity index (χ0n) is 15.2. The maximum atomic E-state index is 10.3. The molecule has 0 spiro atoms. The van der Waals surface area contributed by atoms with Crippen LogP contribution in [0.1, 0.15) is 71.1 Å². The van der Waals surface area contributed by atoms with Crippen molar-refractivity contribution < 1.29 is 9.90 Å². The number of hydrogen-bond acceptors (Lipinski definition) is 1. The second-order valence-electron chi connectivity index (χ2n) is 5.73. The number of carboxylic acids is 1. The van der Waals surface area contributed by atoms with Gasteiger partial charge in [0.25, 0.3) is 0 Å². The largest absolute Gasteiger partial charge is 0.481 e. The number of hydrogen-bond donors (Lipinski definition) is 1. The van der Waals surface area contributed by atoms with Gasteiger partial charge in [-0.15, -0.1) is 0 Å². The van der Waals surface area contributed by atoms with Crippen LogP contribution in [0.2, 0.25) is 0 Å². The van der Waals surface area contributed by atoms with Crippen molar-refractivity contribution in [3.8, 4) is 0 Å². The molecule has 0 aromatic carbocycles. The van der Waals surface area contributed by atoms with Crippen LogP contribution in [0, 0.1) is 0 Å². The summed E-state index contributed by atoms with van der Waals surface area (Å²) < 4.78 is 0. The average molecular weight is 331 g/mol. The molecule has 0 aromatic heterocycles. The fourth-order valence-electron chi connectivity index (χ4n) is 2.04. The van der Waals surface area contributed by atoms with Crippen LogP contribution < -0.4 is 0 Å². The molecule has 0 amide bonds. The van der Waals surface area contributed by atoms with Crippen LogP contribution in [0.15, 0.2) is 60.8 Å². The monoisotopic (exact) mass is 330 g/mol. The summed E-state index contributed by atoms with van der Waals surface area (Å²) in [5, 5.41) is 8.49. The van der Waals surface area contributed by atoms with E-state index < -0.39 is 5.97 Å². The summed E-state index contributed by atoms with van der Waals surface area (Å²) in [6.07, 6.45) is 31.4. The zero-order chi connectivity index (χ0) is 17.7. The predicted molar refractivity (Wildman–Crippen MR) is 105 cm³/mol. The van der Waals surface area contributed by atoms with Gasteiger partial charge < -0.3 is 5.11 Å². The van der Waals surface area contributed by atoms with Crippen molar-refractivity contribution in [2.24, 2.45) is 0 Å². The van der Waals surface area contributed by atoms with Crippen molar-refractivity contribution in [3.05, 3.63) is 60.8 Å². The Morgan fingerprint density at radius 1 is 0.667 bits per heavy atom. The first-order valence-corrected chi connectivity index (χ1v) is 9.24. The Kier molecular flexibility index (Phi) is 17.8. The van der Waals surface area contributed by atoms with Gasteiger partial charge in [-0.3, -0.25) is 4.79 Å². The van der Waals surface area contributed by atoms with E-state index in [2.05, 4.69) is 55.5 Å². The third-order valence-corrected chi connectivity index (χ3v) is 3.42. The summed E-state index contributed by atoms with van der Waals surface area (Å²) in [7, 11) is 0. The standard InChI is InChI=1S/C22H34O2/c1-2-3-4-5-6-7-8-9-10-11-12-13-14-15-16-17-18-19-20-21-22(23)24/h6-7,9-10,12-13,15-16,18-19H,2-5,8,11,14,17,20-21H2,1H3,(H,23,24)/b7-6-,10-9+,13-12-,16-15+,19-18-. The molecule has 2 nitrogen and oxygen atoms in total. The molecular weight excluding hydrogens is 296 g/mol. The molecule has 134 valence electrons. The molecule has 0 aliphatic heterocycles. The fraction of sp³-hybridized carbons (Fsp3) is 0.500. The van der Waals surface area contributed by atoms with Gasteiger partial charge >= 0.3 is 5.97 Å². The van der Waals surface area contributed by atoms with Crippen molar-refractivity contribution in [3.63, 3.8) is 0 Å². The maximum Gasteiger partial charge on any atom is 0.303 e. The molecule has 0 saturated heterocycles. The molecule has 0 fully saturated rings. The van der Waals surface area contributed by atoms with E-state index in [-0.39, 0.29) is 6.42 Å². The van der Waals surface area contributed by atoms with Crippen LogP contribution in [0.25, 0.3) is 0 Å². The smallest absolute Gasteiger partial charge is 0.303 e. The third kappa shape index (κ3) is 20.2. The van der Waals surface area contributed by atoms with Crippen molar-refractivity contribution in [1.29, 1.82) is 0 Å². The Bertz CT molecular complexity index is 425. The molecule has 0 unspecified atom stereocenters. The SMILES string of the molecule is CCCCC/C=C\C/C=C/C/C=C\C/C=C/C/C=C\CCC(=O)O. The van der Waals surface area contributed by atoms with E-state index in [4.69, 9.17) is 5.11 Å². The highest BCUT2D eigenvalue weighted by atomic mass is 16.4. The number of allylic oxidation sites excluding steroid dienone is 10. The van der Waals surface area contributed by atoms with Gasteiger partial charge in [-0.2, -0.15) is 0 Å². The van der Waals surface area contributed by atoms with E-state index in [1.165, 1.54) is 25.7 Å². The highest BCUT2D eigenvalue weighted by Gasteiger charge is 1.90. The summed E-state index contributed by atoms with van der Waals surface area (Å²) in [6.45, 7) is 2.23. The lowest BCUT2D eigenvalue weighted by atomic mass is 10.2. The normalized spacial score (nSPS) is 12.7. The number of carboxylic acid groups (broad SMARTS) is 1. The molecule has 0 aliphatic rings. The Balaban J connectivity index is 3.46. The quantitative estimate of drug-likeness (QED) is 0.265. The molecule has 0 atom stereocenters. The molecule has 0 aliphatic carbocycles. The highest BCUT2D eigenvalue weighted by molar-refractivity contribution is 5.66. The highest BCUT2D eigenvalue weighted by Crippen LogP contribution is 2.01. The van der Waals surface area contributed by atoms with Crippen LogP contribution in [-0.4, -0.2) is 11.1 Å². The van der Waals surface area contributed by atoms with Gasteiger partial charge in [0.2, 0.25) is 0 Å². The topological polar surface area (TPSA) is 37.3 Å². The van der Waals surface area contributed by atoms with E-state index in [0.29, 0.717) is 6.42 Å². The molecule has 0 radical (unpaired) electrons. The average Bonchev–Trinajstić information content (AvgIpc) is 2.56. The first-order chi connectivity index (χ1) is 11.8. The first-order valence-electron chi connectivity index (χ1n) is 9.24. The fourth-order valence-corrected chi connectivity index (χ4v) is 2.04. The summed E-state index contributed by atoms with van der Waals surface area (Å²) in [6, 6.07) is 0. The Hall–Kier alpha value is -1.83. The molecule has 0 bridgehead atoms. The molecule has 0 heterocycles. The molecule has 2 heteroatoms. The van der Waals surface area contributed by atoms with Gasteiger partial charge in [0.1, 0.15) is 0 Å². The lowest BCUT2D eigenvalue weighted by molar-refractivity contribution is -0.136. The second kappa shape index (κ2) is 19.2. The minimum absolute atomic E-state index is 0.213. The molecule has 0 saturated carbocycles. The Morgan fingerprint density at radius 3 is 1.50 bits per heavy atom. The van der Waals surface area contributed by atoms with E-state index in [1.54, 1.807) is 0 Å². The van der Waals surface area contributed by atoms with E-state index in [1.807, 2.05) is 12.2 Å². The number of carbonyl (C=O) groups is 1. The van der Waals surface area contributed by atoms with Crippen LogP contribution in [0.5, 0.6) is 0 Å². The van der Waals surface area contributed by atoms with Crippen molar-refractivity contribution in [2.75, 3.05) is 0 Å². The molecule has 0 aromatic rings. The minimum Gasteiger partial charge on any atom is -0.481 e. The van der Waals surface area contributed by atoms with Gasteiger partial charge in [-0.25, -0.2) is 0 Å². The van der Waals surface area contributed by atoms with E-state index >= 15 is 0 Å². The van der Waals surface area contributed by atoms with Crippen LogP contribution in [-0.2, 0) is 4.79 Å². The van der Waals surface area contributed by atoms with Gasteiger partial charge in [0.05, 0.1) is 0 Å². The van der Waals surface area contributed by atoms with Crippen molar-refractivity contribution >= 4 is 5.97 Å². The van der Waals surface area contributed by atoms with E-state index in [9.17, 15) is 4.79 Å². The van der Waals surface area contributed by atoms with Gasteiger partial charge in [0.15, 0.2) is 0 Å².